The molecule has 1 aromatic carbocycles. The lowest BCUT2D eigenvalue weighted by Crippen LogP contribution is -2.49. The predicted octanol–water partition coefficient (Wildman–Crippen LogP) is 1.64. The molecule has 0 aliphatic carbocycles. The number of halogens is 1. The SMILES string of the molecule is O=C(Nc1ccc(F)cc1)c1nnc(C(=O)N2CCCC(C(=O)N3CCOCC3)C2)s1. The summed E-state index contributed by atoms with van der Waals surface area (Å²) in [5.41, 5.74) is 0.412. The van der Waals surface area contributed by atoms with Crippen LogP contribution in [0.5, 0.6) is 0 Å². The zero-order chi connectivity index (χ0) is 21.8. The van der Waals surface area contributed by atoms with E-state index in [-0.39, 0.29) is 27.7 Å². The van der Waals surface area contributed by atoms with Crippen LogP contribution in [-0.2, 0) is 9.53 Å². The maximum absolute atomic E-state index is 13.0. The fraction of sp³-hybridized carbons (Fsp3) is 0.450. The molecule has 0 radical (unpaired) electrons. The third-order valence-electron chi connectivity index (χ3n) is 5.28. The molecular formula is C20H22FN5O4S. The molecule has 2 aliphatic rings. The second-order valence-corrected chi connectivity index (χ2v) is 8.38. The number of ether oxygens (including phenoxy) is 1. The molecule has 31 heavy (non-hydrogen) atoms. The zero-order valence-corrected chi connectivity index (χ0v) is 17.6. The van der Waals surface area contributed by atoms with Crippen LogP contribution in [0.4, 0.5) is 10.1 Å². The fourth-order valence-electron chi connectivity index (χ4n) is 3.66. The monoisotopic (exact) mass is 447 g/mol. The predicted molar refractivity (Wildman–Crippen MR) is 110 cm³/mol. The number of aromatic nitrogens is 2. The Labute approximate surface area is 182 Å². The minimum atomic E-state index is -0.526. The second kappa shape index (κ2) is 9.48. The summed E-state index contributed by atoms with van der Waals surface area (Å²) in [7, 11) is 0. The average Bonchev–Trinajstić information content (AvgIpc) is 3.31. The summed E-state index contributed by atoms with van der Waals surface area (Å²) >= 11 is 0.891. The molecule has 0 spiro atoms. The Balaban J connectivity index is 1.37. The molecule has 2 fully saturated rings. The van der Waals surface area contributed by atoms with E-state index in [0.717, 1.165) is 24.2 Å². The molecule has 0 saturated carbocycles. The summed E-state index contributed by atoms with van der Waals surface area (Å²) in [6, 6.07) is 5.32. The molecule has 2 aromatic rings. The summed E-state index contributed by atoms with van der Waals surface area (Å²) in [4.78, 5) is 41.4. The van der Waals surface area contributed by atoms with E-state index in [1.807, 2.05) is 0 Å². The first-order chi connectivity index (χ1) is 15.0. The molecule has 1 aromatic heterocycles. The van der Waals surface area contributed by atoms with E-state index in [1.54, 1.807) is 9.80 Å². The summed E-state index contributed by atoms with van der Waals surface area (Å²) in [5.74, 6) is -1.46. The number of amides is 3. The van der Waals surface area contributed by atoms with Crippen LogP contribution in [-0.4, -0.2) is 77.1 Å². The van der Waals surface area contributed by atoms with E-state index in [0.29, 0.717) is 45.1 Å². The maximum Gasteiger partial charge on any atom is 0.286 e. The number of rotatable bonds is 4. The normalized spacial score (nSPS) is 19.2. The van der Waals surface area contributed by atoms with Crippen molar-refractivity contribution < 1.29 is 23.5 Å². The summed E-state index contributed by atoms with van der Waals surface area (Å²) in [6.45, 7) is 3.08. The van der Waals surface area contributed by atoms with Crippen molar-refractivity contribution in [2.45, 2.75) is 12.8 Å². The molecule has 1 atom stereocenters. The molecule has 1 N–H and O–H groups in total. The maximum atomic E-state index is 13.0. The lowest BCUT2D eigenvalue weighted by atomic mass is 9.96. The molecule has 9 nitrogen and oxygen atoms in total. The van der Waals surface area contributed by atoms with Gasteiger partial charge in [0.1, 0.15) is 5.82 Å². The zero-order valence-electron chi connectivity index (χ0n) is 16.8. The highest BCUT2D eigenvalue weighted by Gasteiger charge is 2.33. The molecule has 4 rings (SSSR count). The van der Waals surface area contributed by atoms with Crippen molar-refractivity contribution in [1.82, 2.24) is 20.0 Å². The Morgan fingerprint density at radius 2 is 1.74 bits per heavy atom. The number of likely N-dealkylation sites (tertiary alicyclic amines) is 1. The van der Waals surface area contributed by atoms with Gasteiger partial charge in [0.15, 0.2) is 0 Å². The number of hydrogen-bond acceptors (Lipinski definition) is 7. The number of nitrogens with one attached hydrogen (secondary N) is 1. The minimum absolute atomic E-state index is 0.0330. The Morgan fingerprint density at radius 3 is 2.48 bits per heavy atom. The second-order valence-electron chi connectivity index (χ2n) is 7.40. The standard InChI is InChI=1S/C20H22FN5O4S/c21-14-3-5-15(6-4-14)22-16(27)17-23-24-18(31-17)20(29)26-7-1-2-13(12-26)19(28)25-8-10-30-11-9-25/h3-6,13H,1-2,7-12H2,(H,22,27). The number of morpholine rings is 1. The largest absolute Gasteiger partial charge is 0.378 e. The van der Waals surface area contributed by atoms with E-state index >= 15 is 0 Å². The van der Waals surface area contributed by atoms with Gasteiger partial charge < -0.3 is 19.9 Å². The Morgan fingerprint density at radius 1 is 1.03 bits per heavy atom. The number of carbonyl (C=O) groups is 3. The number of carbonyl (C=O) groups excluding carboxylic acids is 3. The van der Waals surface area contributed by atoms with E-state index in [9.17, 15) is 18.8 Å². The number of anilines is 1. The number of piperidine rings is 1. The van der Waals surface area contributed by atoms with Gasteiger partial charge in [0.25, 0.3) is 11.8 Å². The van der Waals surface area contributed by atoms with Crippen LogP contribution < -0.4 is 5.32 Å². The summed E-state index contributed by atoms with van der Waals surface area (Å²) in [5, 5.41) is 10.4. The number of benzene rings is 1. The van der Waals surface area contributed by atoms with Gasteiger partial charge in [-0.2, -0.15) is 0 Å². The van der Waals surface area contributed by atoms with Gasteiger partial charge in [0, 0.05) is 31.9 Å². The number of nitrogens with zero attached hydrogens (tertiary/aromatic N) is 4. The first-order valence-electron chi connectivity index (χ1n) is 10.1. The van der Waals surface area contributed by atoms with Crippen LogP contribution in [0.2, 0.25) is 0 Å². The van der Waals surface area contributed by atoms with Crippen LogP contribution in [0.15, 0.2) is 24.3 Å². The molecule has 0 bridgehead atoms. The van der Waals surface area contributed by atoms with Crippen molar-refractivity contribution in [3.05, 3.63) is 40.1 Å². The molecule has 1 unspecified atom stereocenters. The van der Waals surface area contributed by atoms with Gasteiger partial charge in [-0.05, 0) is 37.1 Å². The molecule has 3 heterocycles. The van der Waals surface area contributed by atoms with E-state index in [4.69, 9.17) is 4.74 Å². The minimum Gasteiger partial charge on any atom is -0.378 e. The van der Waals surface area contributed by atoms with Gasteiger partial charge in [-0.3, -0.25) is 14.4 Å². The summed E-state index contributed by atoms with van der Waals surface area (Å²) < 4.78 is 18.3. The molecule has 164 valence electrons. The van der Waals surface area contributed by atoms with E-state index in [1.165, 1.54) is 24.3 Å². The molecule has 2 aliphatic heterocycles. The first-order valence-corrected chi connectivity index (χ1v) is 10.9. The van der Waals surface area contributed by atoms with E-state index < -0.39 is 11.7 Å². The summed E-state index contributed by atoms with van der Waals surface area (Å²) in [6.07, 6.45) is 1.46. The third-order valence-corrected chi connectivity index (χ3v) is 6.19. The highest BCUT2D eigenvalue weighted by atomic mass is 32.1. The molecular weight excluding hydrogens is 425 g/mol. The van der Waals surface area contributed by atoms with Gasteiger partial charge in [0.05, 0.1) is 19.1 Å². The van der Waals surface area contributed by atoms with Crippen LogP contribution >= 0.6 is 11.3 Å². The first kappa shape index (κ1) is 21.3. The van der Waals surface area contributed by atoms with Gasteiger partial charge in [0.2, 0.25) is 15.9 Å². The topological polar surface area (TPSA) is 105 Å². The van der Waals surface area contributed by atoms with Crippen molar-refractivity contribution in [3.63, 3.8) is 0 Å². The quantitative estimate of drug-likeness (QED) is 0.764. The van der Waals surface area contributed by atoms with Gasteiger partial charge in [-0.15, -0.1) is 10.2 Å². The highest BCUT2D eigenvalue weighted by molar-refractivity contribution is 7.15. The Hall–Kier alpha value is -2.92. The lowest BCUT2D eigenvalue weighted by Gasteiger charge is -2.35. The van der Waals surface area contributed by atoms with Crippen molar-refractivity contribution in [1.29, 1.82) is 0 Å². The van der Waals surface area contributed by atoms with Crippen molar-refractivity contribution in [2.24, 2.45) is 5.92 Å². The highest BCUT2D eigenvalue weighted by Crippen LogP contribution is 2.23. The van der Waals surface area contributed by atoms with E-state index in [2.05, 4.69) is 15.5 Å². The van der Waals surface area contributed by atoms with Gasteiger partial charge in [-0.25, -0.2) is 4.39 Å². The van der Waals surface area contributed by atoms with Gasteiger partial charge in [-0.1, -0.05) is 11.3 Å². The third kappa shape index (κ3) is 5.05. The van der Waals surface area contributed by atoms with Gasteiger partial charge >= 0.3 is 0 Å². The van der Waals surface area contributed by atoms with Crippen molar-refractivity contribution >= 4 is 34.7 Å². The van der Waals surface area contributed by atoms with Crippen LogP contribution in [0, 0.1) is 11.7 Å². The van der Waals surface area contributed by atoms with Crippen LogP contribution in [0.25, 0.3) is 0 Å². The Kier molecular flexibility index (Phi) is 6.52. The van der Waals surface area contributed by atoms with Crippen LogP contribution in [0.1, 0.15) is 32.4 Å². The van der Waals surface area contributed by atoms with Crippen molar-refractivity contribution in [3.8, 4) is 0 Å². The number of hydrogen-bond donors (Lipinski definition) is 1. The molecule has 11 heteroatoms. The lowest BCUT2D eigenvalue weighted by molar-refractivity contribution is -0.141. The smallest absolute Gasteiger partial charge is 0.286 e. The Bertz CT molecular complexity index is 961. The molecule has 2 saturated heterocycles. The van der Waals surface area contributed by atoms with Crippen LogP contribution in [0.3, 0.4) is 0 Å². The average molecular weight is 447 g/mol. The molecule has 3 amide bonds. The van der Waals surface area contributed by atoms with Crippen molar-refractivity contribution in [2.75, 3.05) is 44.7 Å². The fourth-order valence-corrected chi connectivity index (χ4v) is 4.37.